The highest BCUT2D eigenvalue weighted by atomic mass is 19.1. The van der Waals surface area contributed by atoms with Crippen LogP contribution >= 0.6 is 0 Å². The van der Waals surface area contributed by atoms with Crippen molar-refractivity contribution >= 4 is 0 Å². The fourth-order valence-electron chi connectivity index (χ4n) is 1.26. The van der Waals surface area contributed by atoms with Gasteiger partial charge in [-0.05, 0) is 13.0 Å². The van der Waals surface area contributed by atoms with E-state index in [2.05, 4.69) is 0 Å². The van der Waals surface area contributed by atoms with Crippen LogP contribution in [0.25, 0.3) is 0 Å². The lowest BCUT2D eigenvalue weighted by Crippen LogP contribution is -2.17. The number of rotatable bonds is 3. The number of benzene rings is 1. The average molecular weight is 202 g/mol. The number of hydrogen-bond donors (Lipinski definition) is 3. The molecule has 0 radical (unpaired) electrons. The van der Waals surface area contributed by atoms with Gasteiger partial charge in [-0.15, -0.1) is 0 Å². The summed E-state index contributed by atoms with van der Waals surface area (Å²) in [7, 11) is 0. The fraction of sp³-hybridized carbons (Fsp3) is 0.333. The van der Waals surface area contributed by atoms with Crippen LogP contribution in [0.15, 0.2) is 12.1 Å². The first-order chi connectivity index (χ1) is 6.56. The molecule has 0 saturated carbocycles. The molecule has 1 aromatic rings. The molecule has 0 bridgehead atoms. The highest BCUT2D eigenvalue weighted by molar-refractivity contribution is 5.36. The molecule has 0 aliphatic carbocycles. The van der Waals surface area contributed by atoms with Crippen molar-refractivity contribution in [3.8, 4) is 5.75 Å². The van der Waals surface area contributed by atoms with Gasteiger partial charge < -0.3 is 16.6 Å². The summed E-state index contributed by atoms with van der Waals surface area (Å²) in [5.74, 6) is -2.14. The van der Waals surface area contributed by atoms with Crippen LogP contribution in [0.4, 0.5) is 8.78 Å². The smallest absolute Gasteiger partial charge is 0.134 e. The van der Waals surface area contributed by atoms with Crippen LogP contribution in [0.1, 0.15) is 18.0 Å². The minimum absolute atomic E-state index is 0.0862. The van der Waals surface area contributed by atoms with Gasteiger partial charge in [-0.2, -0.15) is 0 Å². The lowest BCUT2D eigenvalue weighted by Gasteiger charge is -2.13. The molecule has 0 aliphatic heterocycles. The molecule has 1 atom stereocenters. The van der Waals surface area contributed by atoms with Crippen molar-refractivity contribution in [3.63, 3.8) is 0 Å². The molecule has 78 valence electrons. The maximum absolute atomic E-state index is 13.2. The van der Waals surface area contributed by atoms with Gasteiger partial charge in [0.2, 0.25) is 0 Å². The van der Waals surface area contributed by atoms with E-state index in [1.807, 2.05) is 0 Å². The quantitative estimate of drug-likeness (QED) is 0.685. The fourth-order valence-corrected chi connectivity index (χ4v) is 1.26. The van der Waals surface area contributed by atoms with Gasteiger partial charge in [0.15, 0.2) is 0 Å². The Morgan fingerprint density at radius 2 is 2.00 bits per heavy atom. The van der Waals surface area contributed by atoms with Gasteiger partial charge in [-0.25, -0.2) is 8.78 Å². The van der Waals surface area contributed by atoms with E-state index in [4.69, 9.17) is 11.5 Å². The van der Waals surface area contributed by atoms with Crippen LogP contribution in [0.3, 0.4) is 0 Å². The first-order valence-corrected chi connectivity index (χ1v) is 4.19. The average Bonchev–Trinajstić information content (AvgIpc) is 2.01. The van der Waals surface area contributed by atoms with Crippen LogP contribution < -0.4 is 11.5 Å². The standard InChI is InChI=1S/C9H12F2N2O/c10-5-3-6(11)9(8(14)4-5)7(13)1-2-12/h3-4,7,14H,1-2,12-13H2/t7-/m1/s1. The monoisotopic (exact) mass is 202 g/mol. The van der Waals surface area contributed by atoms with E-state index >= 15 is 0 Å². The predicted molar refractivity (Wildman–Crippen MR) is 48.6 cm³/mol. The molecule has 1 rings (SSSR count). The van der Waals surface area contributed by atoms with Crippen molar-refractivity contribution in [1.82, 2.24) is 0 Å². The van der Waals surface area contributed by atoms with E-state index in [0.29, 0.717) is 12.5 Å². The molecule has 0 spiro atoms. The predicted octanol–water partition coefficient (Wildman–Crippen LogP) is 1.02. The van der Waals surface area contributed by atoms with Gasteiger partial charge in [-0.3, -0.25) is 0 Å². The SMILES string of the molecule is NCC[C@@H](N)c1c(O)cc(F)cc1F. The lowest BCUT2D eigenvalue weighted by atomic mass is 10.0. The molecule has 14 heavy (non-hydrogen) atoms. The van der Waals surface area contributed by atoms with Gasteiger partial charge in [0.25, 0.3) is 0 Å². The summed E-state index contributed by atoms with van der Waals surface area (Å²) in [5.41, 5.74) is 10.7. The van der Waals surface area contributed by atoms with Crippen LogP contribution in [0.5, 0.6) is 5.75 Å². The Kier molecular flexibility index (Phi) is 3.38. The second-order valence-corrected chi connectivity index (χ2v) is 3.00. The molecule has 0 heterocycles. The van der Waals surface area contributed by atoms with Crippen molar-refractivity contribution in [2.75, 3.05) is 6.54 Å². The molecule has 1 aromatic carbocycles. The second-order valence-electron chi connectivity index (χ2n) is 3.00. The Hall–Kier alpha value is -1.20. The minimum atomic E-state index is -0.844. The zero-order chi connectivity index (χ0) is 10.7. The third-order valence-electron chi connectivity index (χ3n) is 1.92. The maximum Gasteiger partial charge on any atom is 0.134 e. The third-order valence-corrected chi connectivity index (χ3v) is 1.92. The minimum Gasteiger partial charge on any atom is -0.507 e. The molecule has 5 heteroatoms. The van der Waals surface area contributed by atoms with Gasteiger partial charge in [0.1, 0.15) is 17.4 Å². The normalized spacial score (nSPS) is 12.9. The van der Waals surface area contributed by atoms with Gasteiger partial charge in [0, 0.05) is 23.7 Å². The summed E-state index contributed by atoms with van der Waals surface area (Å²) in [4.78, 5) is 0. The van der Waals surface area contributed by atoms with E-state index in [1.165, 1.54) is 0 Å². The van der Waals surface area contributed by atoms with Crippen LogP contribution in [0.2, 0.25) is 0 Å². The first kappa shape index (κ1) is 10.9. The molecule has 0 aromatic heterocycles. The topological polar surface area (TPSA) is 72.3 Å². The molecule has 0 saturated heterocycles. The molecule has 0 fully saturated rings. The summed E-state index contributed by atoms with van der Waals surface area (Å²) in [5, 5.41) is 9.27. The van der Waals surface area contributed by atoms with Crippen molar-refractivity contribution in [2.45, 2.75) is 12.5 Å². The summed E-state index contributed by atoms with van der Waals surface area (Å²) >= 11 is 0. The molecule has 0 aliphatic rings. The number of halogens is 2. The summed E-state index contributed by atoms with van der Waals surface area (Å²) in [6, 6.07) is 0.806. The summed E-state index contributed by atoms with van der Waals surface area (Å²) in [6.07, 6.45) is 0.329. The van der Waals surface area contributed by atoms with E-state index < -0.39 is 23.4 Å². The Bertz CT molecular complexity index is 308. The Morgan fingerprint density at radius 1 is 1.36 bits per heavy atom. The number of nitrogens with two attached hydrogens (primary N) is 2. The zero-order valence-electron chi connectivity index (χ0n) is 7.50. The highest BCUT2D eigenvalue weighted by Crippen LogP contribution is 2.28. The maximum atomic E-state index is 13.2. The largest absolute Gasteiger partial charge is 0.507 e. The third kappa shape index (κ3) is 2.18. The molecular formula is C9H12F2N2O. The highest BCUT2D eigenvalue weighted by Gasteiger charge is 2.16. The van der Waals surface area contributed by atoms with Crippen molar-refractivity contribution in [3.05, 3.63) is 29.3 Å². The Balaban J connectivity index is 3.07. The number of aromatic hydroxyl groups is 1. The number of hydrogen-bond acceptors (Lipinski definition) is 3. The second kappa shape index (κ2) is 4.34. The lowest BCUT2D eigenvalue weighted by molar-refractivity contribution is 0.437. The van der Waals surface area contributed by atoms with Crippen molar-refractivity contribution in [1.29, 1.82) is 0 Å². The Labute approximate surface area is 80.3 Å². The Morgan fingerprint density at radius 3 is 2.50 bits per heavy atom. The van der Waals surface area contributed by atoms with Crippen LogP contribution in [0, 0.1) is 11.6 Å². The first-order valence-electron chi connectivity index (χ1n) is 4.19. The molecular weight excluding hydrogens is 190 g/mol. The molecule has 3 nitrogen and oxygen atoms in total. The molecule has 0 amide bonds. The number of phenols is 1. The van der Waals surface area contributed by atoms with E-state index in [1.54, 1.807) is 0 Å². The molecule has 5 N–H and O–H groups in total. The van der Waals surface area contributed by atoms with E-state index in [9.17, 15) is 13.9 Å². The van der Waals surface area contributed by atoms with Gasteiger partial charge >= 0.3 is 0 Å². The van der Waals surface area contributed by atoms with E-state index in [0.717, 1.165) is 6.07 Å². The number of phenolic OH excluding ortho intramolecular Hbond substituents is 1. The summed E-state index contributed by atoms with van der Waals surface area (Å²) in [6.45, 7) is 0.275. The van der Waals surface area contributed by atoms with Crippen LogP contribution in [-0.2, 0) is 0 Å². The van der Waals surface area contributed by atoms with Crippen molar-refractivity contribution < 1.29 is 13.9 Å². The summed E-state index contributed by atoms with van der Waals surface area (Å²) < 4.78 is 25.8. The van der Waals surface area contributed by atoms with E-state index in [-0.39, 0.29) is 12.1 Å². The van der Waals surface area contributed by atoms with Crippen LogP contribution in [-0.4, -0.2) is 11.7 Å². The van der Waals surface area contributed by atoms with Gasteiger partial charge in [-0.1, -0.05) is 0 Å². The van der Waals surface area contributed by atoms with Gasteiger partial charge in [0.05, 0.1) is 0 Å². The van der Waals surface area contributed by atoms with Crippen molar-refractivity contribution in [2.24, 2.45) is 11.5 Å². The molecule has 0 unspecified atom stereocenters. The zero-order valence-corrected chi connectivity index (χ0v) is 7.50.